The van der Waals surface area contributed by atoms with Gasteiger partial charge in [0.05, 0.1) is 15.6 Å². The maximum atomic E-state index is 12.0. The number of amidine groups is 1. The van der Waals surface area contributed by atoms with Crippen LogP contribution in [0, 0.1) is 0 Å². The fourth-order valence-corrected chi connectivity index (χ4v) is 3.17. The molecule has 1 fully saturated rings. The first kappa shape index (κ1) is 15.9. The summed E-state index contributed by atoms with van der Waals surface area (Å²) >= 11 is 13.1. The Hall–Kier alpha value is -1.95. The molecule has 1 amide bonds. The molecule has 7 heteroatoms. The monoisotopic (exact) mass is 364 g/mol. The number of benzene rings is 2. The summed E-state index contributed by atoms with van der Waals surface area (Å²) in [5.41, 5.74) is 1.34. The van der Waals surface area contributed by atoms with Crippen molar-refractivity contribution in [2.75, 3.05) is 0 Å². The number of carbonyl (C=O) groups excluding carboxylic acids is 1. The Morgan fingerprint density at radius 1 is 1.13 bits per heavy atom. The van der Waals surface area contributed by atoms with E-state index in [1.54, 1.807) is 48.5 Å². The molecule has 3 rings (SSSR count). The summed E-state index contributed by atoms with van der Waals surface area (Å²) in [5, 5.41) is 13.3. The number of halogens is 2. The Morgan fingerprint density at radius 2 is 1.87 bits per heavy atom. The maximum Gasteiger partial charge on any atom is 0.264 e. The minimum atomic E-state index is -0.230. The molecular formula is C16H10Cl2N2O2S. The lowest BCUT2D eigenvalue weighted by molar-refractivity contribution is -0.115. The van der Waals surface area contributed by atoms with E-state index >= 15 is 0 Å². The SMILES string of the molecule is O=C1NC(=Nc2ccc(Cl)cc2Cl)S/C1=C\c1ccc(O)cc1. The van der Waals surface area contributed by atoms with Gasteiger partial charge in [0, 0.05) is 5.02 Å². The third kappa shape index (κ3) is 3.88. The largest absolute Gasteiger partial charge is 0.508 e. The molecule has 1 aliphatic heterocycles. The van der Waals surface area contributed by atoms with Gasteiger partial charge in [0.1, 0.15) is 5.75 Å². The average molecular weight is 365 g/mol. The molecule has 2 N–H and O–H groups in total. The van der Waals surface area contributed by atoms with E-state index in [2.05, 4.69) is 10.3 Å². The standard InChI is InChI=1S/C16H10Cl2N2O2S/c17-10-3-6-13(12(18)8-10)19-16-20-15(22)14(23-16)7-9-1-4-11(21)5-2-9/h1-8,21H,(H,19,20,22)/b14-7-. The number of carbonyl (C=O) groups is 1. The van der Waals surface area contributed by atoms with Crippen molar-refractivity contribution in [2.24, 2.45) is 4.99 Å². The van der Waals surface area contributed by atoms with Crippen molar-refractivity contribution in [1.82, 2.24) is 5.32 Å². The van der Waals surface area contributed by atoms with Gasteiger partial charge in [0.25, 0.3) is 5.91 Å². The van der Waals surface area contributed by atoms with Crippen LogP contribution in [-0.2, 0) is 4.79 Å². The zero-order chi connectivity index (χ0) is 16.4. The quantitative estimate of drug-likeness (QED) is 0.766. The molecule has 0 bridgehead atoms. The molecule has 0 atom stereocenters. The fourth-order valence-electron chi connectivity index (χ4n) is 1.88. The van der Waals surface area contributed by atoms with Gasteiger partial charge < -0.3 is 10.4 Å². The van der Waals surface area contributed by atoms with Gasteiger partial charge in [-0.15, -0.1) is 0 Å². The predicted octanol–water partition coefficient (Wildman–Crippen LogP) is 4.59. The molecule has 1 saturated heterocycles. The lowest BCUT2D eigenvalue weighted by Crippen LogP contribution is -2.19. The molecule has 0 spiro atoms. The first-order chi connectivity index (χ1) is 11.0. The number of hydrogen-bond donors (Lipinski definition) is 2. The lowest BCUT2D eigenvalue weighted by Gasteiger charge is -2.00. The van der Waals surface area contributed by atoms with Crippen LogP contribution >= 0.6 is 35.0 Å². The second-order valence-corrected chi connectivity index (χ2v) is 6.54. The number of nitrogens with one attached hydrogen (secondary N) is 1. The highest BCUT2D eigenvalue weighted by molar-refractivity contribution is 8.18. The van der Waals surface area contributed by atoms with Crippen molar-refractivity contribution < 1.29 is 9.90 Å². The number of phenols is 1. The molecule has 0 aliphatic carbocycles. The Bertz CT molecular complexity index is 832. The Balaban J connectivity index is 1.84. The van der Waals surface area contributed by atoms with E-state index in [9.17, 15) is 9.90 Å². The molecule has 4 nitrogen and oxygen atoms in total. The molecule has 0 saturated carbocycles. The molecule has 23 heavy (non-hydrogen) atoms. The van der Waals surface area contributed by atoms with E-state index in [1.165, 1.54) is 11.8 Å². The van der Waals surface area contributed by atoms with Crippen LogP contribution < -0.4 is 5.32 Å². The topological polar surface area (TPSA) is 61.7 Å². The smallest absolute Gasteiger partial charge is 0.264 e. The van der Waals surface area contributed by atoms with Crippen LogP contribution in [0.15, 0.2) is 52.4 Å². The molecule has 1 aliphatic rings. The van der Waals surface area contributed by atoms with Crippen LogP contribution in [0.1, 0.15) is 5.56 Å². The summed E-state index contributed by atoms with van der Waals surface area (Å²) < 4.78 is 0. The van der Waals surface area contributed by atoms with Crippen LogP contribution in [0.5, 0.6) is 5.75 Å². The summed E-state index contributed by atoms with van der Waals surface area (Å²) in [6, 6.07) is 11.5. The zero-order valence-electron chi connectivity index (χ0n) is 11.6. The van der Waals surface area contributed by atoms with Gasteiger partial charge in [-0.05, 0) is 53.7 Å². The van der Waals surface area contributed by atoms with Crippen molar-refractivity contribution in [3.63, 3.8) is 0 Å². The highest BCUT2D eigenvalue weighted by atomic mass is 35.5. The van der Waals surface area contributed by atoms with Crippen LogP contribution in [0.3, 0.4) is 0 Å². The minimum Gasteiger partial charge on any atom is -0.508 e. The number of nitrogens with zero attached hydrogens (tertiary/aromatic N) is 1. The van der Waals surface area contributed by atoms with Gasteiger partial charge in [-0.2, -0.15) is 0 Å². The molecule has 2 aromatic rings. The normalized spacial score (nSPS) is 17.7. The Morgan fingerprint density at radius 3 is 2.57 bits per heavy atom. The van der Waals surface area contributed by atoms with Gasteiger partial charge >= 0.3 is 0 Å². The van der Waals surface area contributed by atoms with Crippen molar-refractivity contribution in [1.29, 1.82) is 0 Å². The second kappa shape index (κ2) is 6.66. The first-order valence-corrected chi connectivity index (χ1v) is 8.12. The van der Waals surface area contributed by atoms with Crippen molar-refractivity contribution in [3.8, 4) is 5.75 Å². The maximum absolute atomic E-state index is 12.0. The van der Waals surface area contributed by atoms with E-state index < -0.39 is 0 Å². The van der Waals surface area contributed by atoms with E-state index in [-0.39, 0.29) is 11.7 Å². The third-order valence-corrected chi connectivity index (χ3v) is 4.42. The van der Waals surface area contributed by atoms with E-state index in [1.807, 2.05) is 0 Å². The van der Waals surface area contributed by atoms with Crippen LogP contribution in [-0.4, -0.2) is 16.2 Å². The Kier molecular flexibility index (Phi) is 4.61. The van der Waals surface area contributed by atoms with Crippen LogP contribution in [0.2, 0.25) is 10.0 Å². The predicted molar refractivity (Wildman–Crippen MR) is 95.4 cm³/mol. The average Bonchev–Trinajstić information content (AvgIpc) is 2.84. The molecule has 0 radical (unpaired) electrons. The highest BCUT2D eigenvalue weighted by Crippen LogP contribution is 2.32. The van der Waals surface area contributed by atoms with E-state index in [4.69, 9.17) is 23.2 Å². The summed E-state index contributed by atoms with van der Waals surface area (Å²) in [7, 11) is 0. The molecule has 1 heterocycles. The highest BCUT2D eigenvalue weighted by Gasteiger charge is 2.24. The number of phenolic OH excluding ortho intramolecular Hbond substituents is 1. The van der Waals surface area contributed by atoms with Gasteiger partial charge in [-0.1, -0.05) is 35.3 Å². The first-order valence-electron chi connectivity index (χ1n) is 6.55. The van der Waals surface area contributed by atoms with Crippen molar-refractivity contribution >= 4 is 57.8 Å². The number of aliphatic imine (C=N–C) groups is 1. The van der Waals surface area contributed by atoms with Gasteiger partial charge in [0.2, 0.25) is 0 Å². The number of amides is 1. The summed E-state index contributed by atoms with van der Waals surface area (Å²) in [5.74, 6) is -0.0535. The van der Waals surface area contributed by atoms with Gasteiger partial charge in [-0.3, -0.25) is 4.79 Å². The van der Waals surface area contributed by atoms with E-state index in [0.29, 0.717) is 25.8 Å². The number of aromatic hydroxyl groups is 1. The van der Waals surface area contributed by atoms with Gasteiger partial charge in [-0.25, -0.2) is 4.99 Å². The molecule has 0 unspecified atom stereocenters. The van der Waals surface area contributed by atoms with E-state index in [0.717, 1.165) is 5.56 Å². The Labute approximate surface area is 146 Å². The van der Waals surface area contributed by atoms with Gasteiger partial charge in [0.15, 0.2) is 5.17 Å². The molecule has 116 valence electrons. The third-order valence-electron chi connectivity index (χ3n) is 2.97. The summed E-state index contributed by atoms with van der Waals surface area (Å²) in [6.45, 7) is 0. The van der Waals surface area contributed by atoms with Crippen molar-refractivity contribution in [2.45, 2.75) is 0 Å². The van der Waals surface area contributed by atoms with Crippen LogP contribution in [0.4, 0.5) is 5.69 Å². The van der Waals surface area contributed by atoms with Crippen LogP contribution in [0.25, 0.3) is 6.08 Å². The summed E-state index contributed by atoms with van der Waals surface area (Å²) in [6.07, 6.45) is 1.73. The molecular weight excluding hydrogens is 355 g/mol. The zero-order valence-corrected chi connectivity index (χ0v) is 13.9. The fraction of sp³-hybridized carbons (Fsp3) is 0. The molecule has 0 aromatic heterocycles. The number of thioether (sulfide) groups is 1. The van der Waals surface area contributed by atoms with Crippen molar-refractivity contribution in [3.05, 3.63) is 63.0 Å². The minimum absolute atomic E-state index is 0.176. The molecule has 2 aromatic carbocycles. The summed E-state index contributed by atoms with van der Waals surface area (Å²) in [4.78, 5) is 16.8. The number of hydrogen-bond acceptors (Lipinski definition) is 4. The second-order valence-electron chi connectivity index (χ2n) is 4.67. The number of rotatable bonds is 2. The lowest BCUT2D eigenvalue weighted by atomic mass is 10.2.